The van der Waals surface area contributed by atoms with Gasteiger partial charge in [-0.2, -0.15) is 5.26 Å². The predicted octanol–water partition coefficient (Wildman–Crippen LogP) is 1.98. The fraction of sp³-hybridized carbons (Fsp3) is 0.200. The normalized spacial score (nSPS) is 10.5. The molecule has 0 aliphatic rings. The second kappa shape index (κ2) is 5.59. The largest absolute Gasteiger partial charge is 0.372 e. The number of nitrogens with zero attached hydrogens (tertiary/aromatic N) is 5. The van der Waals surface area contributed by atoms with Gasteiger partial charge in [0.05, 0.1) is 48.2 Å². The van der Waals surface area contributed by atoms with E-state index in [1.54, 1.807) is 19.4 Å². The van der Waals surface area contributed by atoms with E-state index in [0.29, 0.717) is 6.54 Å². The molecule has 0 aliphatic carbocycles. The van der Waals surface area contributed by atoms with Crippen molar-refractivity contribution in [1.82, 2.24) is 19.5 Å². The van der Waals surface area contributed by atoms with Crippen LogP contribution in [0.5, 0.6) is 0 Å². The van der Waals surface area contributed by atoms with E-state index in [9.17, 15) is 0 Å². The van der Waals surface area contributed by atoms with Crippen molar-refractivity contribution in [2.75, 3.05) is 12.4 Å². The molecule has 0 amide bonds. The lowest BCUT2D eigenvalue weighted by Gasteiger charge is -2.07. The van der Waals surface area contributed by atoms with Crippen LogP contribution in [-0.4, -0.2) is 26.6 Å². The molecule has 0 unspecified atom stereocenters. The van der Waals surface area contributed by atoms with Gasteiger partial charge in [-0.1, -0.05) is 12.1 Å². The van der Waals surface area contributed by atoms with Crippen molar-refractivity contribution in [2.24, 2.45) is 0 Å². The maximum atomic E-state index is 8.96. The number of hydrogen-bond donors (Lipinski definition) is 1. The van der Waals surface area contributed by atoms with Gasteiger partial charge in [0, 0.05) is 7.05 Å². The number of nitrogens with one attached hydrogen (secondary N) is 1. The molecule has 2 heterocycles. The lowest BCUT2D eigenvalue weighted by molar-refractivity contribution is 0.746. The molecule has 6 nitrogen and oxygen atoms in total. The van der Waals surface area contributed by atoms with Crippen molar-refractivity contribution < 1.29 is 0 Å². The lowest BCUT2D eigenvalue weighted by atomic mass is 10.3. The van der Waals surface area contributed by atoms with E-state index in [-0.39, 0.29) is 6.42 Å². The Balaban J connectivity index is 2.01. The molecule has 2 aromatic heterocycles. The molecule has 0 fully saturated rings. The van der Waals surface area contributed by atoms with Gasteiger partial charge in [0.2, 0.25) is 0 Å². The number of benzene rings is 1. The van der Waals surface area contributed by atoms with Gasteiger partial charge in [-0.05, 0) is 12.1 Å². The number of imidazole rings is 1. The quantitative estimate of drug-likeness (QED) is 0.789. The lowest BCUT2D eigenvalue weighted by Crippen LogP contribution is -2.07. The van der Waals surface area contributed by atoms with Gasteiger partial charge >= 0.3 is 0 Å². The summed E-state index contributed by atoms with van der Waals surface area (Å²) in [5.41, 5.74) is 2.72. The third-order valence-electron chi connectivity index (χ3n) is 3.25. The summed E-state index contributed by atoms with van der Waals surface area (Å²) >= 11 is 0. The van der Waals surface area contributed by atoms with Crippen LogP contribution in [0.15, 0.2) is 36.7 Å². The van der Waals surface area contributed by atoms with Crippen molar-refractivity contribution in [1.29, 1.82) is 5.26 Å². The van der Waals surface area contributed by atoms with Gasteiger partial charge in [0.25, 0.3) is 0 Å². The van der Waals surface area contributed by atoms with Crippen molar-refractivity contribution in [2.45, 2.75) is 13.0 Å². The summed E-state index contributed by atoms with van der Waals surface area (Å²) in [6, 6.07) is 10.0. The second-order valence-electron chi connectivity index (χ2n) is 4.58. The standard InChI is InChI=1S/C15H14N6/c1-17-14-9-18-11(8-19-14)10-21-13-5-3-2-4-12(13)20-15(21)6-7-16/h2-5,8-9H,6,10H2,1H3,(H,17,19). The molecule has 6 heteroatoms. The van der Waals surface area contributed by atoms with Crippen LogP contribution in [0, 0.1) is 11.3 Å². The van der Waals surface area contributed by atoms with Crippen LogP contribution < -0.4 is 5.32 Å². The van der Waals surface area contributed by atoms with Crippen molar-refractivity contribution in [3.63, 3.8) is 0 Å². The summed E-state index contributed by atoms with van der Waals surface area (Å²) in [6.07, 6.45) is 3.70. The molecule has 1 aromatic carbocycles. The molecule has 0 spiro atoms. The highest BCUT2D eigenvalue weighted by Gasteiger charge is 2.11. The van der Waals surface area contributed by atoms with Crippen LogP contribution in [0.25, 0.3) is 11.0 Å². The number of fused-ring (bicyclic) bond motifs is 1. The Bertz CT molecular complexity index is 797. The summed E-state index contributed by atoms with van der Waals surface area (Å²) in [5, 5.41) is 11.9. The number of rotatable bonds is 4. The van der Waals surface area contributed by atoms with E-state index in [2.05, 4.69) is 26.3 Å². The van der Waals surface area contributed by atoms with Gasteiger partial charge in [0.15, 0.2) is 0 Å². The maximum absolute atomic E-state index is 8.96. The molecule has 104 valence electrons. The highest BCUT2D eigenvalue weighted by Crippen LogP contribution is 2.17. The Morgan fingerprint density at radius 1 is 1.24 bits per heavy atom. The van der Waals surface area contributed by atoms with E-state index >= 15 is 0 Å². The van der Waals surface area contributed by atoms with E-state index in [1.165, 1.54) is 0 Å². The molecule has 1 N–H and O–H groups in total. The fourth-order valence-corrected chi connectivity index (χ4v) is 2.24. The smallest absolute Gasteiger partial charge is 0.144 e. The number of nitriles is 1. The van der Waals surface area contributed by atoms with Gasteiger partial charge in [-0.25, -0.2) is 9.97 Å². The minimum absolute atomic E-state index is 0.275. The number of anilines is 1. The Morgan fingerprint density at radius 3 is 2.81 bits per heavy atom. The first-order chi connectivity index (χ1) is 10.3. The van der Waals surface area contributed by atoms with Gasteiger partial charge in [-0.3, -0.25) is 4.98 Å². The SMILES string of the molecule is CNc1cnc(Cn2c(CC#N)nc3ccccc32)cn1. The zero-order valence-corrected chi connectivity index (χ0v) is 11.6. The van der Waals surface area contributed by atoms with Gasteiger partial charge in [-0.15, -0.1) is 0 Å². The summed E-state index contributed by atoms with van der Waals surface area (Å²) in [5.74, 6) is 1.48. The Kier molecular flexibility index (Phi) is 3.48. The van der Waals surface area contributed by atoms with Crippen LogP contribution in [-0.2, 0) is 13.0 Å². The first kappa shape index (κ1) is 13.1. The summed E-state index contributed by atoms with van der Waals surface area (Å²) < 4.78 is 2.02. The predicted molar refractivity (Wildman–Crippen MR) is 79.7 cm³/mol. The molecular weight excluding hydrogens is 264 g/mol. The Hall–Kier alpha value is -2.94. The Morgan fingerprint density at radius 2 is 2.10 bits per heavy atom. The monoisotopic (exact) mass is 278 g/mol. The zero-order chi connectivity index (χ0) is 14.7. The molecule has 0 saturated heterocycles. The first-order valence-corrected chi connectivity index (χ1v) is 6.61. The van der Waals surface area contributed by atoms with E-state index in [4.69, 9.17) is 5.26 Å². The van der Waals surface area contributed by atoms with Crippen LogP contribution in [0.4, 0.5) is 5.82 Å². The summed E-state index contributed by atoms with van der Waals surface area (Å²) in [6.45, 7) is 0.550. The molecule has 0 atom stereocenters. The molecule has 0 saturated carbocycles. The van der Waals surface area contributed by atoms with E-state index in [0.717, 1.165) is 28.4 Å². The van der Waals surface area contributed by atoms with Gasteiger partial charge < -0.3 is 9.88 Å². The molecule has 3 rings (SSSR count). The minimum atomic E-state index is 0.275. The molecule has 0 bridgehead atoms. The highest BCUT2D eigenvalue weighted by molar-refractivity contribution is 5.76. The average Bonchev–Trinajstić information content (AvgIpc) is 2.86. The highest BCUT2D eigenvalue weighted by atomic mass is 15.1. The summed E-state index contributed by atoms with van der Waals surface area (Å²) in [4.78, 5) is 13.1. The zero-order valence-electron chi connectivity index (χ0n) is 11.6. The molecule has 3 aromatic rings. The third kappa shape index (κ3) is 2.54. The average molecular weight is 278 g/mol. The fourth-order valence-electron chi connectivity index (χ4n) is 2.24. The van der Waals surface area contributed by atoms with Crippen molar-refractivity contribution in [3.05, 3.63) is 48.2 Å². The van der Waals surface area contributed by atoms with Gasteiger partial charge in [0.1, 0.15) is 11.6 Å². The number of aromatic nitrogens is 4. The minimum Gasteiger partial charge on any atom is -0.372 e. The van der Waals surface area contributed by atoms with Crippen LogP contribution in [0.1, 0.15) is 11.5 Å². The van der Waals surface area contributed by atoms with Crippen LogP contribution in [0.2, 0.25) is 0 Å². The van der Waals surface area contributed by atoms with E-state index < -0.39 is 0 Å². The molecule has 0 aliphatic heterocycles. The first-order valence-electron chi connectivity index (χ1n) is 6.61. The molecule has 21 heavy (non-hydrogen) atoms. The van der Waals surface area contributed by atoms with Crippen molar-refractivity contribution in [3.8, 4) is 6.07 Å². The number of hydrogen-bond acceptors (Lipinski definition) is 5. The van der Waals surface area contributed by atoms with Crippen LogP contribution in [0.3, 0.4) is 0 Å². The van der Waals surface area contributed by atoms with Crippen molar-refractivity contribution >= 4 is 16.9 Å². The topological polar surface area (TPSA) is 79.4 Å². The van der Waals surface area contributed by atoms with Crippen LogP contribution >= 0.6 is 0 Å². The number of para-hydroxylation sites is 2. The Labute approximate surface area is 122 Å². The molecular formula is C15H14N6. The second-order valence-corrected chi connectivity index (χ2v) is 4.58. The summed E-state index contributed by atoms with van der Waals surface area (Å²) in [7, 11) is 1.80. The third-order valence-corrected chi connectivity index (χ3v) is 3.25. The maximum Gasteiger partial charge on any atom is 0.144 e. The molecule has 0 radical (unpaired) electrons. The van der Waals surface area contributed by atoms with E-state index in [1.807, 2.05) is 28.8 Å².